The van der Waals surface area contributed by atoms with Crippen LogP contribution in [0.1, 0.15) is 26.7 Å². The smallest absolute Gasteiger partial charge is 0.407 e. The highest BCUT2D eigenvalue weighted by Crippen LogP contribution is 2.20. The fourth-order valence-electron chi connectivity index (χ4n) is 2.19. The summed E-state index contributed by atoms with van der Waals surface area (Å²) in [6.45, 7) is 8.28. The molecule has 1 fully saturated rings. The number of hydrogen-bond donors (Lipinski definition) is 1. The molecule has 0 saturated carbocycles. The highest BCUT2D eigenvalue weighted by molar-refractivity contribution is 5.86. The molecule has 2 amide bonds. The molecule has 5 nitrogen and oxygen atoms in total. The Morgan fingerprint density at radius 1 is 1.50 bits per heavy atom. The van der Waals surface area contributed by atoms with Gasteiger partial charge in [0.1, 0.15) is 6.04 Å². The second-order valence-corrected chi connectivity index (χ2v) is 4.83. The van der Waals surface area contributed by atoms with Crippen LogP contribution in [-0.2, 0) is 9.53 Å². The van der Waals surface area contributed by atoms with Crippen molar-refractivity contribution < 1.29 is 14.3 Å². The van der Waals surface area contributed by atoms with Crippen molar-refractivity contribution in [3.63, 3.8) is 0 Å². The standard InChI is InChI=1S/C13H22N2O3/c1-5-10-7-6-8-15(10)12(16)11(9(2)3)14-13(17)18-4/h5,9-11H,1,6-8H2,2-4H3,(H,14,17). The second kappa shape index (κ2) is 6.42. The van der Waals surface area contributed by atoms with Crippen molar-refractivity contribution in [2.45, 2.75) is 38.8 Å². The van der Waals surface area contributed by atoms with Gasteiger partial charge in [-0.25, -0.2) is 4.79 Å². The summed E-state index contributed by atoms with van der Waals surface area (Å²) in [6.07, 6.45) is 3.14. The summed E-state index contributed by atoms with van der Waals surface area (Å²) in [6, 6.07) is -0.462. The minimum absolute atomic E-state index is 0.0164. The Balaban J connectivity index is 2.76. The first-order valence-corrected chi connectivity index (χ1v) is 6.28. The second-order valence-electron chi connectivity index (χ2n) is 4.83. The zero-order valence-corrected chi connectivity index (χ0v) is 11.3. The maximum atomic E-state index is 12.4. The first kappa shape index (κ1) is 14.5. The molecule has 5 heteroatoms. The number of hydrogen-bond acceptors (Lipinski definition) is 3. The summed E-state index contributed by atoms with van der Waals surface area (Å²) in [5.41, 5.74) is 0. The highest BCUT2D eigenvalue weighted by atomic mass is 16.5. The van der Waals surface area contributed by atoms with E-state index in [-0.39, 0.29) is 17.9 Å². The van der Waals surface area contributed by atoms with Gasteiger partial charge in [0.05, 0.1) is 7.11 Å². The van der Waals surface area contributed by atoms with Crippen LogP contribution in [0.2, 0.25) is 0 Å². The van der Waals surface area contributed by atoms with E-state index in [1.54, 1.807) is 11.0 Å². The summed E-state index contributed by atoms with van der Waals surface area (Å²) in [5, 5.41) is 2.60. The minimum Gasteiger partial charge on any atom is -0.453 e. The molecule has 0 aromatic heterocycles. The number of nitrogens with zero attached hydrogens (tertiary/aromatic N) is 1. The largest absolute Gasteiger partial charge is 0.453 e. The molecule has 0 aromatic carbocycles. The number of carbonyl (C=O) groups is 2. The lowest BCUT2D eigenvalue weighted by molar-refractivity contribution is -0.134. The molecular formula is C13H22N2O3. The van der Waals surface area contributed by atoms with E-state index in [1.807, 2.05) is 13.8 Å². The van der Waals surface area contributed by atoms with Crippen LogP contribution in [0.25, 0.3) is 0 Å². The van der Waals surface area contributed by atoms with Gasteiger partial charge in [-0.3, -0.25) is 4.79 Å². The van der Waals surface area contributed by atoms with Gasteiger partial charge in [-0.2, -0.15) is 0 Å². The summed E-state index contributed by atoms with van der Waals surface area (Å²) >= 11 is 0. The molecule has 2 atom stereocenters. The Bertz CT molecular complexity index is 328. The number of nitrogens with one attached hydrogen (secondary N) is 1. The maximum absolute atomic E-state index is 12.4. The first-order chi connectivity index (χ1) is 8.51. The van der Waals surface area contributed by atoms with Crippen LogP contribution in [-0.4, -0.2) is 42.6 Å². The average molecular weight is 254 g/mol. The normalized spacial score (nSPS) is 20.7. The third-order valence-corrected chi connectivity index (χ3v) is 3.25. The summed E-state index contributed by atoms with van der Waals surface area (Å²) in [5.74, 6) is -0.0412. The van der Waals surface area contributed by atoms with Gasteiger partial charge in [0.25, 0.3) is 0 Å². The van der Waals surface area contributed by atoms with Gasteiger partial charge in [0, 0.05) is 12.6 Å². The third kappa shape index (κ3) is 3.24. The number of likely N-dealkylation sites (tertiary alicyclic amines) is 1. The lowest BCUT2D eigenvalue weighted by Gasteiger charge is -2.29. The molecule has 0 aromatic rings. The number of alkyl carbamates (subject to hydrolysis) is 1. The van der Waals surface area contributed by atoms with E-state index in [9.17, 15) is 9.59 Å². The molecule has 0 spiro atoms. The molecule has 1 heterocycles. The van der Waals surface area contributed by atoms with E-state index in [2.05, 4.69) is 16.6 Å². The average Bonchev–Trinajstić information content (AvgIpc) is 2.82. The quantitative estimate of drug-likeness (QED) is 0.774. The molecule has 1 saturated heterocycles. The van der Waals surface area contributed by atoms with Gasteiger partial charge >= 0.3 is 6.09 Å². The molecule has 102 valence electrons. The zero-order valence-electron chi connectivity index (χ0n) is 11.3. The van der Waals surface area contributed by atoms with Crippen LogP contribution >= 0.6 is 0 Å². The maximum Gasteiger partial charge on any atom is 0.407 e. The molecule has 18 heavy (non-hydrogen) atoms. The zero-order chi connectivity index (χ0) is 13.7. The third-order valence-electron chi connectivity index (χ3n) is 3.25. The molecule has 1 rings (SSSR count). The fourth-order valence-corrected chi connectivity index (χ4v) is 2.19. The van der Waals surface area contributed by atoms with Gasteiger partial charge < -0.3 is 15.0 Å². The van der Waals surface area contributed by atoms with E-state index in [1.165, 1.54) is 7.11 Å². The molecule has 1 N–H and O–H groups in total. The van der Waals surface area contributed by atoms with Crippen LogP contribution < -0.4 is 5.32 Å². The first-order valence-electron chi connectivity index (χ1n) is 6.28. The monoisotopic (exact) mass is 254 g/mol. The van der Waals surface area contributed by atoms with Crippen LogP contribution in [0.3, 0.4) is 0 Å². The Labute approximate surface area is 108 Å². The molecule has 1 aliphatic heterocycles. The van der Waals surface area contributed by atoms with Crippen molar-refractivity contribution in [2.24, 2.45) is 5.92 Å². The van der Waals surface area contributed by atoms with Crippen molar-refractivity contribution >= 4 is 12.0 Å². The Kier molecular flexibility index (Phi) is 5.19. The number of ether oxygens (including phenoxy) is 1. The summed E-state index contributed by atoms with van der Waals surface area (Å²) < 4.78 is 4.56. The summed E-state index contributed by atoms with van der Waals surface area (Å²) in [7, 11) is 1.29. The van der Waals surface area contributed by atoms with Gasteiger partial charge in [-0.1, -0.05) is 19.9 Å². The van der Waals surface area contributed by atoms with Crippen LogP contribution in [0.15, 0.2) is 12.7 Å². The predicted molar refractivity (Wildman–Crippen MR) is 69.1 cm³/mol. The van der Waals surface area contributed by atoms with Gasteiger partial charge in [-0.15, -0.1) is 6.58 Å². The molecule has 0 radical (unpaired) electrons. The Hall–Kier alpha value is -1.52. The fraction of sp³-hybridized carbons (Fsp3) is 0.692. The summed E-state index contributed by atoms with van der Waals surface area (Å²) in [4.78, 5) is 25.5. The van der Waals surface area contributed by atoms with E-state index in [4.69, 9.17) is 0 Å². The molecular weight excluding hydrogens is 232 g/mol. The van der Waals surface area contributed by atoms with Crippen molar-refractivity contribution in [1.82, 2.24) is 10.2 Å². The van der Waals surface area contributed by atoms with E-state index >= 15 is 0 Å². The number of amides is 2. The van der Waals surface area contributed by atoms with Crippen molar-refractivity contribution in [2.75, 3.05) is 13.7 Å². The Morgan fingerprint density at radius 3 is 2.67 bits per heavy atom. The molecule has 0 bridgehead atoms. The Morgan fingerprint density at radius 2 is 2.17 bits per heavy atom. The van der Waals surface area contributed by atoms with E-state index in [0.29, 0.717) is 0 Å². The van der Waals surface area contributed by atoms with Crippen LogP contribution in [0, 0.1) is 5.92 Å². The number of rotatable bonds is 4. The van der Waals surface area contributed by atoms with E-state index in [0.717, 1.165) is 19.4 Å². The van der Waals surface area contributed by atoms with Crippen molar-refractivity contribution in [3.05, 3.63) is 12.7 Å². The number of methoxy groups -OCH3 is 1. The van der Waals surface area contributed by atoms with E-state index < -0.39 is 12.1 Å². The van der Waals surface area contributed by atoms with Crippen LogP contribution in [0.4, 0.5) is 4.79 Å². The molecule has 0 aliphatic carbocycles. The predicted octanol–water partition coefficient (Wildman–Crippen LogP) is 1.54. The van der Waals surface area contributed by atoms with Gasteiger partial charge in [0.15, 0.2) is 0 Å². The van der Waals surface area contributed by atoms with Gasteiger partial charge in [0.2, 0.25) is 5.91 Å². The molecule has 2 unspecified atom stereocenters. The lowest BCUT2D eigenvalue weighted by atomic mass is 10.0. The number of carbonyl (C=O) groups excluding carboxylic acids is 2. The minimum atomic E-state index is -0.573. The molecule has 1 aliphatic rings. The van der Waals surface area contributed by atoms with Crippen molar-refractivity contribution in [3.8, 4) is 0 Å². The SMILES string of the molecule is C=CC1CCCN1C(=O)C(NC(=O)OC)C(C)C. The topological polar surface area (TPSA) is 58.6 Å². The van der Waals surface area contributed by atoms with Crippen molar-refractivity contribution in [1.29, 1.82) is 0 Å². The van der Waals surface area contributed by atoms with Gasteiger partial charge in [-0.05, 0) is 18.8 Å². The van der Waals surface area contributed by atoms with Crippen LogP contribution in [0.5, 0.6) is 0 Å². The highest BCUT2D eigenvalue weighted by Gasteiger charge is 2.34. The lowest BCUT2D eigenvalue weighted by Crippen LogP contribution is -2.52.